The average molecular weight is 256 g/mol. The minimum Gasteiger partial charge on any atom is -0.396 e. The number of aliphatic hydroxyl groups is 3. The van der Waals surface area contributed by atoms with E-state index >= 15 is 0 Å². The van der Waals surface area contributed by atoms with Crippen molar-refractivity contribution >= 4 is 0 Å². The number of rotatable bonds is 2. The van der Waals surface area contributed by atoms with E-state index in [2.05, 4.69) is 4.98 Å². The molecule has 2 rings (SSSR count). The Morgan fingerprint density at radius 1 is 1.56 bits per heavy atom. The number of aliphatic hydroxyl groups excluding tert-OH is 2. The van der Waals surface area contributed by atoms with Gasteiger partial charge in [0.15, 0.2) is 0 Å². The summed E-state index contributed by atoms with van der Waals surface area (Å²) < 4.78 is 1.18. The van der Waals surface area contributed by atoms with Gasteiger partial charge < -0.3 is 15.3 Å². The zero-order valence-corrected chi connectivity index (χ0v) is 9.91. The Hall–Kier alpha value is -1.44. The van der Waals surface area contributed by atoms with Crippen LogP contribution < -0.4 is 11.2 Å². The largest absolute Gasteiger partial charge is 0.396 e. The predicted octanol–water partition coefficient (Wildman–Crippen LogP) is -1.80. The van der Waals surface area contributed by atoms with Crippen molar-refractivity contribution < 1.29 is 15.3 Å². The van der Waals surface area contributed by atoms with Crippen LogP contribution in [0.3, 0.4) is 0 Å². The highest BCUT2D eigenvalue weighted by Crippen LogP contribution is 2.42. The molecule has 7 nitrogen and oxygen atoms in total. The lowest BCUT2D eigenvalue weighted by Crippen LogP contribution is -2.46. The summed E-state index contributed by atoms with van der Waals surface area (Å²) in [6.07, 6.45) is 0.426. The molecule has 7 heteroatoms. The molecule has 0 aliphatic heterocycles. The van der Waals surface area contributed by atoms with E-state index in [1.165, 1.54) is 23.8 Å². The Morgan fingerprint density at radius 3 is 2.72 bits per heavy atom. The average Bonchev–Trinajstić information content (AvgIpc) is 2.52. The summed E-state index contributed by atoms with van der Waals surface area (Å²) in [4.78, 5) is 24.7. The van der Waals surface area contributed by atoms with E-state index in [1.807, 2.05) is 0 Å². The summed E-state index contributed by atoms with van der Waals surface area (Å²) in [5.41, 5.74) is -2.69. The monoisotopic (exact) mass is 256 g/mol. The highest BCUT2D eigenvalue weighted by atomic mass is 16.3. The quantitative estimate of drug-likeness (QED) is 0.498. The van der Waals surface area contributed by atoms with E-state index in [4.69, 9.17) is 5.11 Å². The molecule has 4 atom stereocenters. The van der Waals surface area contributed by atoms with Gasteiger partial charge in [0.25, 0.3) is 5.56 Å². The van der Waals surface area contributed by atoms with Gasteiger partial charge in [-0.2, -0.15) is 0 Å². The molecule has 1 aliphatic carbocycles. The van der Waals surface area contributed by atoms with Crippen LogP contribution in [0.5, 0.6) is 0 Å². The first-order valence-corrected chi connectivity index (χ1v) is 5.70. The molecule has 0 unspecified atom stereocenters. The van der Waals surface area contributed by atoms with Crippen LogP contribution in [-0.2, 0) is 0 Å². The number of hydrogen-bond acceptors (Lipinski definition) is 5. The maximum Gasteiger partial charge on any atom is 0.328 e. The number of nitrogens with zero attached hydrogens (tertiary/aromatic N) is 1. The van der Waals surface area contributed by atoms with Gasteiger partial charge in [0.05, 0.1) is 12.1 Å². The maximum atomic E-state index is 11.7. The van der Waals surface area contributed by atoms with Crippen molar-refractivity contribution in [3.8, 4) is 0 Å². The molecule has 1 aromatic heterocycles. The summed E-state index contributed by atoms with van der Waals surface area (Å²) in [5, 5.41) is 29.3. The summed E-state index contributed by atoms with van der Waals surface area (Å²) in [5.74, 6) is -0.496. The van der Waals surface area contributed by atoms with Crippen LogP contribution in [0.25, 0.3) is 0 Å². The Balaban J connectivity index is 2.45. The fraction of sp³-hybridized carbons (Fsp3) is 0.636. The first kappa shape index (κ1) is 13.0. The van der Waals surface area contributed by atoms with E-state index in [9.17, 15) is 19.8 Å². The predicted molar refractivity (Wildman–Crippen MR) is 62.2 cm³/mol. The van der Waals surface area contributed by atoms with Gasteiger partial charge in [-0.3, -0.25) is 14.3 Å². The van der Waals surface area contributed by atoms with Gasteiger partial charge in [0.1, 0.15) is 5.60 Å². The Labute approximate surface area is 102 Å². The summed E-state index contributed by atoms with van der Waals surface area (Å²) in [6.45, 7) is 1.14. The SMILES string of the molecule is C[C@@]1(O)[C@H](O)[C@H](CO)C[C@H]1n1ccc(=O)[nH]c1=O. The standard InChI is InChI=1S/C11H16N2O5/c1-11(18)7(4-6(5-14)9(11)16)13-3-2-8(15)12-10(13)17/h2-3,6-7,9,14,16,18H,4-5H2,1H3,(H,12,15,17)/t6-,7+,9+,11-/m0/s1. The highest BCUT2D eigenvalue weighted by Gasteiger charge is 2.51. The van der Waals surface area contributed by atoms with Crippen molar-refractivity contribution in [3.63, 3.8) is 0 Å². The van der Waals surface area contributed by atoms with Crippen LogP contribution >= 0.6 is 0 Å². The van der Waals surface area contributed by atoms with Gasteiger partial charge in [0, 0.05) is 24.8 Å². The lowest BCUT2D eigenvalue weighted by Gasteiger charge is -2.29. The molecule has 1 aliphatic rings. The van der Waals surface area contributed by atoms with Crippen molar-refractivity contribution in [3.05, 3.63) is 33.1 Å². The van der Waals surface area contributed by atoms with Crippen molar-refractivity contribution in [1.82, 2.24) is 9.55 Å². The van der Waals surface area contributed by atoms with Gasteiger partial charge in [0.2, 0.25) is 0 Å². The molecular weight excluding hydrogens is 240 g/mol. The minimum atomic E-state index is -1.53. The van der Waals surface area contributed by atoms with Crippen LogP contribution in [-0.4, -0.2) is 43.2 Å². The van der Waals surface area contributed by atoms with Gasteiger partial charge in [-0.15, -0.1) is 0 Å². The lowest BCUT2D eigenvalue weighted by molar-refractivity contribution is -0.0788. The van der Waals surface area contributed by atoms with Gasteiger partial charge in [-0.05, 0) is 13.3 Å². The van der Waals surface area contributed by atoms with Crippen LogP contribution in [0.2, 0.25) is 0 Å². The smallest absolute Gasteiger partial charge is 0.328 e. The van der Waals surface area contributed by atoms with Gasteiger partial charge in [-0.1, -0.05) is 0 Å². The molecule has 100 valence electrons. The first-order chi connectivity index (χ1) is 8.37. The highest BCUT2D eigenvalue weighted by molar-refractivity contribution is 5.05. The van der Waals surface area contributed by atoms with Gasteiger partial charge >= 0.3 is 5.69 Å². The van der Waals surface area contributed by atoms with E-state index in [-0.39, 0.29) is 13.0 Å². The van der Waals surface area contributed by atoms with Crippen LogP contribution in [0, 0.1) is 5.92 Å². The molecule has 0 radical (unpaired) electrons. The second-order valence-corrected chi connectivity index (χ2v) is 4.88. The molecule has 0 amide bonds. The molecule has 0 saturated heterocycles. The molecule has 18 heavy (non-hydrogen) atoms. The minimum absolute atomic E-state index is 0.261. The summed E-state index contributed by atoms with van der Waals surface area (Å²) in [7, 11) is 0. The van der Waals surface area contributed by atoms with Crippen molar-refractivity contribution in [2.45, 2.75) is 31.1 Å². The molecule has 0 spiro atoms. The van der Waals surface area contributed by atoms with E-state index < -0.39 is 34.9 Å². The Kier molecular flexibility index (Phi) is 3.14. The van der Waals surface area contributed by atoms with Crippen LogP contribution in [0.15, 0.2) is 21.9 Å². The zero-order valence-electron chi connectivity index (χ0n) is 9.91. The topological polar surface area (TPSA) is 116 Å². The first-order valence-electron chi connectivity index (χ1n) is 5.70. The van der Waals surface area contributed by atoms with E-state index in [1.54, 1.807) is 0 Å². The zero-order chi connectivity index (χ0) is 13.5. The van der Waals surface area contributed by atoms with Crippen molar-refractivity contribution in [1.29, 1.82) is 0 Å². The van der Waals surface area contributed by atoms with E-state index in [0.29, 0.717) is 0 Å². The molecule has 1 fully saturated rings. The second-order valence-electron chi connectivity index (χ2n) is 4.88. The van der Waals surface area contributed by atoms with Crippen molar-refractivity contribution in [2.75, 3.05) is 6.61 Å². The lowest BCUT2D eigenvalue weighted by atomic mass is 9.96. The molecule has 0 aromatic carbocycles. The molecule has 1 saturated carbocycles. The molecule has 0 bridgehead atoms. The maximum absolute atomic E-state index is 11.7. The number of nitrogens with one attached hydrogen (secondary N) is 1. The number of H-pyrrole nitrogens is 1. The van der Waals surface area contributed by atoms with Crippen LogP contribution in [0.4, 0.5) is 0 Å². The number of hydrogen-bond donors (Lipinski definition) is 4. The van der Waals surface area contributed by atoms with E-state index in [0.717, 1.165) is 0 Å². The fourth-order valence-corrected chi connectivity index (χ4v) is 2.57. The molecule has 1 aromatic rings. The molecule has 4 N–H and O–H groups in total. The molecule has 1 heterocycles. The third kappa shape index (κ3) is 1.90. The summed E-state index contributed by atoms with van der Waals surface area (Å²) >= 11 is 0. The van der Waals surface area contributed by atoms with Gasteiger partial charge in [-0.25, -0.2) is 4.79 Å². The Morgan fingerprint density at radius 2 is 2.22 bits per heavy atom. The number of aromatic nitrogens is 2. The normalized spacial score (nSPS) is 35.9. The molecular formula is C11H16N2O5. The third-order valence-electron chi connectivity index (χ3n) is 3.67. The summed E-state index contributed by atoms with van der Waals surface area (Å²) in [6, 6.07) is 0.491. The number of aromatic amines is 1. The van der Waals surface area contributed by atoms with Crippen LogP contribution in [0.1, 0.15) is 19.4 Å². The Bertz CT molecular complexity index is 547. The second kappa shape index (κ2) is 4.34. The third-order valence-corrected chi connectivity index (χ3v) is 3.67. The van der Waals surface area contributed by atoms with Crippen molar-refractivity contribution in [2.24, 2.45) is 5.92 Å². The fourth-order valence-electron chi connectivity index (χ4n) is 2.57.